The zero-order valence-corrected chi connectivity index (χ0v) is 12.8. The van der Waals surface area contributed by atoms with E-state index in [1.807, 2.05) is 13.8 Å². The van der Waals surface area contributed by atoms with Crippen LogP contribution in [-0.2, 0) is 9.59 Å². The molecule has 0 N–H and O–H groups in total. The normalized spacial score (nSPS) is 54.7. The molecule has 2 aliphatic carbocycles. The summed E-state index contributed by atoms with van der Waals surface area (Å²) in [5.74, 6) is 0.861. The van der Waals surface area contributed by atoms with Gasteiger partial charge in [-0.15, -0.1) is 0 Å². The summed E-state index contributed by atoms with van der Waals surface area (Å²) in [5, 5.41) is 0. The SMILES string of the molecule is CC(=O)C1(C)C2(C)CC(C)C(C)(C2)C1(C)C(C)=O. The molecule has 0 aliphatic heterocycles. The summed E-state index contributed by atoms with van der Waals surface area (Å²) in [6.07, 6.45) is 2.05. The Morgan fingerprint density at radius 3 is 1.78 bits per heavy atom. The molecule has 0 spiro atoms. The van der Waals surface area contributed by atoms with Crippen LogP contribution in [0.2, 0.25) is 0 Å². The average molecular weight is 250 g/mol. The van der Waals surface area contributed by atoms with E-state index in [0.717, 1.165) is 12.8 Å². The minimum atomic E-state index is -0.530. The number of ketones is 2. The molecule has 2 bridgehead atoms. The van der Waals surface area contributed by atoms with Crippen LogP contribution in [0.1, 0.15) is 61.3 Å². The van der Waals surface area contributed by atoms with Crippen LogP contribution in [0.5, 0.6) is 0 Å². The van der Waals surface area contributed by atoms with Gasteiger partial charge in [0, 0.05) is 10.8 Å². The van der Waals surface area contributed by atoms with E-state index in [9.17, 15) is 9.59 Å². The van der Waals surface area contributed by atoms with E-state index < -0.39 is 10.8 Å². The van der Waals surface area contributed by atoms with Crippen LogP contribution in [-0.4, -0.2) is 11.6 Å². The van der Waals surface area contributed by atoms with Crippen LogP contribution >= 0.6 is 0 Å². The average Bonchev–Trinajstić information content (AvgIpc) is 2.54. The van der Waals surface area contributed by atoms with Crippen molar-refractivity contribution in [2.45, 2.75) is 61.3 Å². The number of hydrogen-bond donors (Lipinski definition) is 0. The molecule has 0 aromatic heterocycles. The van der Waals surface area contributed by atoms with Gasteiger partial charge in [-0.05, 0) is 43.4 Å². The molecule has 0 aromatic rings. The predicted molar refractivity (Wildman–Crippen MR) is 72.2 cm³/mol. The Bertz CT molecular complexity index is 440. The highest BCUT2D eigenvalue weighted by Gasteiger charge is 2.78. The fraction of sp³-hybridized carbons (Fsp3) is 0.875. The van der Waals surface area contributed by atoms with Crippen molar-refractivity contribution in [1.82, 2.24) is 0 Å². The lowest BCUT2D eigenvalue weighted by molar-refractivity contribution is -0.165. The lowest BCUT2D eigenvalue weighted by Crippen LogP contribution is -2.59. The molecule has 102 valence electrons. The monoisotopic (exact) mass is 250 g/mol. The van der Waals surface area contributed by atoms with Crippen molar-refractivity contribution >= 4 is 11.6 Å². The van der Waals surface area contributed by atoms with Gasteiger partial charge in [-0.25, -0.2) is 0 Å². The minimum Gasteiger partial charge on any atom is -0.299 e. The molecule has 2 fully saturated rings. The Kier molecular flexibility index (Phi) is 2.49. The fourth-order valence-electron chi connectivity index (χ4n) is 5.71. The second-order valence-corrected chi connectivity index (χ2v) is 7.62. The van der Waals surface area contributed by atoms with E-state index in [4.69, 9.17) is 0 Å². The van der Waals surface area contributed by atoms with Crippen molar-refractivity contribution in [1.29, 1.82) is 0 Å². The molecular formula is C16H26O2. The minimum absolute atomic E-state index is 0.0343. The van der Waals surface area contributed by atoms with E-state index >= 15 is 0 Å². The van der Waals surface area contributed by atoms with Crippen LogP contribution in [0, 0.1) is 27.6 Å². The van der Waals surface area contributed by atoms with Crippen molar-refractivity contribution in [2.24, 2.45) is 27.6 Å². The number of hydrogen-bond acceptors (Lipinski definition) is 2. The number of carbonyl (C=O) groups excluding carboxylic acids is 2. The molecule has 2 saturated carbocycles. The standard InChI is InChI=1S/C16H26O2/c1-10-8-13(4)9-14(10,5)16(7,12(3)18)15(13,6)11(2)17/h10H,8-9H2,1-7H3. The van der Waals surface area contributed by atoms with Gasteiger partial charge in [0.1, 0.15) is 11.6 Å². The highest BCUT2D eigenvalue weighted by atomic mass is 16.1. The second kappa shape index (κ2) is 3.26. The van der Waals surface area contributed by atoms with Gasteiger partial charge >= 0.3 is 0 Å². The molecular weight excluding hydrogens is 224 g/mol. The molecule has 0 heterocycles. The third kappa shape index (κ3) is 1.03. The Labute approximate surface area is 111 Å². The third-order valence-corrected chi connectivity index (χ3v) is 7.36. The summed E-state index contributed by atoms with van der Waals surface area (Å²) in [6, 6.07) is 0. The molecule has 2 nitrogen and oxygen atoms in total. The third-order valence-electron chi connectivity index (χ3n) is 7.36. The van der Waals surface area contributed by atoms with Crippen LogP contribution in [0.3, 0.4) is 0 Å². The summed E-state index contributed by atoms with van der Waals surface area (Å²) >= 11 is 0. The van der Waals surface area contributed by atoms with Crippen LogP contribution in [0.15, 0.2) is 0 Å². The molecule has 2 heteroatoms. The molecule has 18 heavy (non-hydrogen) atoms. The molecule has 0 saturated heterocycles. The van der Waals surface area contributed by atoms with Crippen LogP contribution in [0.4, 0.5) is 0 Å². The smallest absolute Gasteiger partial charge is 0.137 e. The zero-order valence-electron chi connectivity index (χ0n) is 12.8. The Hall–Kier alpha value is -0.660. The highest BCUT2D eigenvalue weighted by molar-refractivity contribution is 5.95. The van der Waals surface area contributed by atoms with Gasteiger partial charge in [-0.1, -0.05) is 34.6 Å². The van der Waals surface area contributed by atoms with Gasteiger partial charge in [-0.2, -0.15) is 0 Å². The van der Waals surface area contributed by atoms with E-state index in [-0.39, 0.29) is 22.4 Å². The Morgan fingerprint density at radius 2 is 1.39 bits per heavy atom. The first-order valence-electron chi connectivity index (χ1n) is 6.99. The summed E-state index contributed by atoms with van der Waals surface area (Å²) < 4.78 is 0. The van der Waals surface area contributed by atoms with E-state index in [1.54, 1.807) is 13.8 Å². The first-order valence-corrected chi connectivity index (χ1v) is 6.99. The quantitative estimate of drug-likeness (QED) is 0.750. The van der Waals surface area contributed by atoms with Crippen molar-refractivity contribution in [3.63, 3.8) is 0 Å². The van der Waals surface area contributed by atoms with Crippen molar-refractivity contribution in [3.8, 4) is 0 Å². The van der Waals surface area contributed by atoms with Gasteiger partial charge in [0.15, 0.2) is 0 Å². The first-order chi connectivity index (χ1) is 7.97. The highest BCUT2D eigenvalue weighted by Crippen LogP contribution is 2.79. The molecule has 0 radical (unpaired) electrons. The van der Waals surface area contributed by atoms with Crippen LogP contribution < -0.4 is 0 Å². The van der Waals surface area contributed by atoms with Crippen molar-refractivity contribution in [2.75, 3.05) is 0 Å². The van der Waals surface area contributed by atoms with Crippen LogP contribution in [0.25, 0.3) is 0 Å². The topological polar surface area (TPSA) is 34.1 Å². The predicted octanol–water partition coefficient (Wildman–Crippen LogP) is 3.63. The van der Waals surface area contributed by atoms with E-state index in [0.29, 0.717) is 5.92 Å². The number of fused-ring (bicyclic) bond motifs is 2. The van der Waals surface area contributed by atoms with Gasteiger partial charge in [0.2, 0.25) is 0 Å². The molecule has 2 aliphatic rings. The maximum absolute atomic E-state index is 12.4. The van der Waals surface area contributed by atoms with Gasteiger partial charge in [0.05, 0.1) is 0 Å². The van der Waals surface area contributed by atoms with Gasteiger partial charge in [0.25, 0.3) is 0 Å². The Morgan fingerprint density at radius 1 is 0.944 bits per heavy atom. The Balaban J connectivity index is 2.76. The first kappa shape index (κ1) is 13.8. The molecule has 0 amide bonds. The summed E-state index contributed by atoms with van der Waals surface area (Å²) in [7, 11) is 0. The van der Waals surface area contributed by atoms with Crippen molar-refractivity contribution < 1.29 is 9.59 Å². The van der Waals surface area contributed by atoms with E-state index in [1.165, 1.54) is 0 Å². The molecule has 0 aromatic carbocycles. The maximum atomic E-state index is 12.4. The molecule has 2 rings (SSSR count). The maximum Gasteiger partial charge on any atom is 0.137 e. The van der Waals surface area contributed by atoms with Crippen molar-refractivity contribution in [3.05, 3.63) is 0 Å². The fourth-order valence-corrected chi connectivity index (χ4v) is 5.71. The van der Waals surface area contributed by atoms with E-state index in [2.05, 4.69) is 20.8 Å². The number of carbonyl (C=O) groups is 2. The summed E-state index contributed by atoms with van der Waals surface area (Å²) in [4.78, 5) is 24.8. The number of rotatable bonds is 2. The largest absolute Gasteiger partial charge is 0.299 e. The van der Waals surface area contributed by atoms with Gasteiger partial charge < -0.3 is 0 Å². The zero-order chi connectivity index (χ0) is 14.1. The second-order valence-electron chi connectivity index (χ2n) is 7.62. The van der Waals surface area contributed by atoms with Gasteiger partial charge in [-0.3, -0.25) is 9.59 Å². The molecule has 5 unspecified atom stereocenters. The molecule has 5 atom stereocenters. The lowest BCUT2D eigenvalue weighted by atomic mass is 9.45. The lowest BCUT2D eigenvalue weighted by Gasteiger charge is -2.56. The number of Topliss-reactive ketones (excluding diaryl/α,β-unsaturated/α-hetero) is 2. The summed E-state index contributed by atoms with van der Waals surface area (Å²) in [6.45, 7) is 14.1. The summed E-state index contributed by atoms with van der Waals surface area (Å²) in [5.41, 5.74) is -1.13.